The molecule has 1 aromatic carbocycles. The number of carbonyl (C=O) groups is 2. The van der Waals surface area contributed by atoms with Crippen molar-refractivity contribution in [2.75, 3.05) is 10.0 Å². The molecule has 1 heterocycles. The molecule has 124 valence electrons. The fourth-order valence-electron chi connectivity index (χ4n) is 1.59. The van der Waals surface area contributed by atoms with Crippen molar-refractivity contribution >= 4 is 23.4 Å². The minimum atomic E-state index is -0.882. The fraction of sp³-hybridized carbons (Fsp3) is 0.154. The summed E-state index contributed by atoms with van der Waals surface area (Å²) in [6.07, 6.45) is 1.73. The van der Waals surface area contributed by atoms with Crippen LogP contribution in [0.4, 0.5) is 21.0 Å². The van der Waals surface area contributed by atoms with Gasteiger partial charge in [0.05, 0.1) is 11.4 Å². The van der Waals surface area contributed by atoms with Crippen LogP contribution in [-0.4, -0.2) is 22.3 Å². The Kier molecular flexibility index (Phi) is 6.06. The number of amides is 4. The molecule has 0 saturated carbocycles. The van der Waals surface area contributed by atoms with Crippen LogP contribution in [-0.2, 0) is 0 Å². The van der Waals surface area contributed by atoms with Crippen LogP contribution in [0.3, 0.4) is 0 Å². The Labute approximate surface area is 132 Å². The Morgan fingerprint density at radius 1 is 1.00 bits per heavy atom. The van der Waals surface area contributed by atoms with Crippen LogP contribution >= 0.6 is 0 Å². The van der Waals surface area contributed by atoms with Crippen LogP contribution < -0.4 is 33.2 Å². The average Bonchev–Trinajstić information content (AvgIpc) is 2.97. The van der Waals surface area contributed by atoms with Crippen molar-refractivity contribution in [2.45, 2.75) is 13.8 Å². The number of aryl methyl sites for hydroxylation is 2. The molecule has 10 heteroatoms. The van der Waals surface area contributed by atoms with Gasteiger partial charge in [0.25, 0.3) is 0 Å². The van der Waals surface area contributed by atoms with E-state index < -0.39 is 12.1 Å². The van der Waals surface area contributed by atoms with Gasteiger partial charge in [-0.15, -0.1) is 0 Å². The van der Waals surface area contributed by atoms with Gasteiger partial charge in [-0.2, -0.15) is 5.10 Å². The van der Waals surface area contributed by atoms with E-state index in [1.54, 1.807) is 25.3 Å². The first kappa shape index (κ1) is 17.9. The van der Waals surface area contributed by atoms with Crippen LogP contribution in [0.1, 0.15) is 11.3 Å². The van der Waals surface area contributed by atoms with Gasteiger partial charge in [0, 0.05) is 11.9 Å². The minimum Gasteiger partial charge on any atom is -0.350 e. The van der Waals surface area contributed by atoms with Crippen LogP contribution in [0, 0.1) is 13.8 Å². The topological polar surface area (TPSA) is 173 Å². The molecule has 4 amide bonds. The molecule has 0 fully saturated rings. The molecule has 2 rings (SSSR count). The lowest BCUT2D eigenvalue weighted by Gasteiger charge is -2.22. The summed E-state index contributed by atoms with van der Waals surface area (Å²) in [5, 5.41) is 7.81. The average molecular weight is 320 g/mol. The summed E-state index contributed by atoms with van der Waals surface area (Å²) in [6, 6.07) is 4.92. The highest BCUT2D eigenvalue weighted by Gasteiger charge is 2.18. The fourth-order valence-corrected chi connectivity index (χ4v) is 1.59. The molecule has 0 aliphatic rings. The number of aromatic amines is 1. The van der Waals surface area contributed by atoms with Gasteiger partial charge in [-0.25, -0.2) is 31.3 Å². The summed E-state index contributed by atoms with van der Waals surface area (Å²) in [4.78, 5) is 22.0. The number of primary amides is 2. The molecule has 0 bridgehead atoms. The summed E-state index contributed by atoms with van der Waals surface area (Å²) in [5.41, 5.74) is 12.4. The van der Waals surface area contributed by atoms with E-state index in [2.05, 4.69) is 10.2 Å². The predicted octanol–water partition coefficient (Wildman–Crippen LogP) is 0.231. The van der Waals surface area contributed by atoms with E-state index in [0.29, 0.717) is 10.0 Å². The third kappa shape index (κ3) is 4.98. The Bertz CT molecular complexity index is 671. The number of hydrogen-bond acceptors (Lipinski definition) is 5. The molecule has 10 nitrogen and oxygen atoms in total. The number of hydrazine groups is 2. The molecule has 0 aliphatic heterocycles. The van der Waals surface area contributed by atoms with Gasteiger partial charge in [0.15, 0.2) is 0 Å². The summed E-state index contributed by atoms with van der Waals surface area (Å²) < 4.78 is 0. The normalized spacial score (nSPS) is 9.57. The molecule has 0 aliphatic carbocycles. The van der Waals surface area contributed by atoms with Crippen molar-refractivity contribution in [3.05, 3.63) is 41.7 Å². The van der Waals surface area contributed by atoms with Crippen molar-refractivity contribution in [3.63, 3.8) is 0 Å². The van der Waals surface area contributed by atoms with E-state index in [-0.39, 0.29) is 11.4 Å². The zero-order chi connectivity index (χ0) is 17.6. The number of aromatic nitrogens is 2. The second-order valence-electron chi connectivity index (χ2n) is 4.65. The van der Waals surface area contributed by atoms with Gasteiger partial charge in [-0.05, 0) is 37.6 Å². The second kappa shape index (κ2) is 7.77. The standard InChI is InChI=1S/C9H14N6O2.C4H6N2/c1-5-2-3-6(14(12)8(10)16)7(4-5)15(13)9(11)17;1-4-2-3-5-6-4/h2-4H,12-13H2,1H3,(H2,10,16)(H2,11,17);2-3H,1H3,(H,5,6). The van der Waals surface area contributed by atoms with E-state index in [1.807, 2.05) is 13.0 Å². The SMILES string of the molecule is Cc1ccc(N(N)C(N)=O)c(N(N)C(N)=O)c1.Cc1ccn[nH]1. The van der Waals surface area contributed by atoms with Crippen molar-refractivity contribution in [1.29, 1.82) is 0 Å². The van der Waals surface area contributed by atoms with E-state index in [0.717, 1.165) is 11.3 Å². The molecule has 23 heavy (non-hydrogen) atoms. The number of nitrogens with zero attached hydrogens (tertiary/aromatic N) is 3. The van der Waals surface area contributed by atoms with Crippen LogP contribution in [0.5, 0.6) is 0 Å². The molecule has 2 aromatic rings. The molecule has 0 unspecified atom stereocenters. The third-order valence-electron chi connectivity index (χ3n) is 2.76. The molecule has 0 saturated heterocycles. The van der Waals surface area contributed by atoms with Crippen LogP contribution in [0.2, 0.25) is 0 Å². The maximum Gasteiger partial charge on any atom is 0.333 e. The minimum absolute atomic E-state index is 0.185. The number of benzene rings is 1. The number of hydrogen-bond donors (Lipinski definition) is 5. The first-order valence-corrected chi connectivity index (χ1v) is 6.49. The Morgan fingerprint density at radius 2 is 1.57 bits per heavy atom. The van der Waals surface area contributed by atoms with Crippen molar-refractivity contribution < 1.29 is 9.59 Å². The summed E-state index contributed by atoms with van der Waals surface area (Å²) >= 11 is 0. The maximum absolute atomic E-state index is 11.0. The predicted molar refractivity (Wildman–Crippen MR) is 87.0 cm³/mol. The number of rotatable bonds is 2. The van der Waals surface area contributed by atoms with Crippen LogP contribution in [0.25, 0.3) is 0 Å². The monoisotopic (exact) mass is 320 g/mol. The van der Waals surface area contributed by atoms with E-state index in [9.17, 15) is 9.59 Å². The quantitative estimate of drug-likeness (QED) is 0.302. The molecular formula is C13H20N8O2. The number of H-pyrrole nitrogens is 1. The van der Waals surface area contributed by atoms with Crippen molar-refractivity contribution in [3.8, 4) is 0 Å². The Balaban J connectivity index is 0.000000366. The van der Waals surface area contributed by atoms with Crippen molar-refractivity contribution in [1.82, 2.24) is 10.2 Å². The Morgan fingerprint density at radius 3 is 1.96 bits per heavy atom. The zero-order valence-electron chi connectivity index (χ0n) is 12.9. The first-order valence-electron chi connectivity index (χ1n) is 6.49. The van der Waals surface area contributed by atoms with Gasteiger partial charge >= 0.3 is 12.1 Å². The van der Waals surface area contributed by atoms with E-state index in [1.165, 1.54) is 6.07 Å². The van der Waals surface area contributed by atoms with E-state index >= 15 is 0 Å². The first-order chi connectivity index (χ1) is 10.7. The number of nitrogens with two attached hydrogens (primary N) is 4. The maximum atomic E-state index is 11.0. The number of urea groups is 2. The number of carbonyl (C=O) groups excluding carboxylic acids is 2. The van der Waals surface area contributed by atoms with Gasteiger partial charge in [0.1, 0.15) is 0 Å². The highest BCUT2D eigenvalue weighted by molar-refractivity contribution is 5.99. The van der Waals surface area contributed by atoms with Gasteiger partial charge in [0.2, 0.25) is 0 Å². The Hall–Kier alpha value is -3.11. The highest BCUT2D eigenvalue weighted by atomic mass is 16.2. The lowest BCUT2D eigenvalue weighted by Crippen LogP contribution is -2.46. The summed E-state index contributed by atoms with van der Waals surface area (Å²) in [5.74, 6) is 10.9. The van der Waals surface area contributed by atoms with Gasteiger partial charge < -0.3 is 11.5 Å². The molecular weight excluding hydrogens is 300 g/mol. The summed E-state index contributed by atoms with van der Waals surface area (Å²) in [6.45, 7) is 3.75. The highest BCUT2D eigenvalue weighted by Crippen LogP contribution is 2.27. The lowest BCUT2D eigenvalue weighted by atomic mass is 10.2. The molecule has 1 aromatic heterocycles. The smallest absolute Gasteiger partial charge is 0.333 e. The third-order valence-corrected chi connectivity index (χ3v) is 2.76. The van der Waals surface area contributed by atoms with Gasteiger partial charge in [-0.1, -0.05) is 6.07 Å². The molecule has 9 N–H and O–H groups in total. The van der Waals surface area contributed by atoms with Gasteiger partial charge in [-0.3, -0.25) is 5.10 Å². The molecule has 0 radical (unpaired) electrons. The van der Waals surface area contributed by atoms with Crippen molar-refractivity contribution in [2.24, 2.45) is 23.2 Å². The van der Waals surface area contributed by atoms with E-state index in [4.69, 9.17) is 23.2 Å². The molecule has 0 atom stereocenters. The largest absolute Gasteiger partial charge is 0.350 e. The number of nitrogens with one attached hydrogen (secondary N) is 1. The van der Waals surface area contributed by atoms with Crippen LogP contribution in [0.15, 0.2) is 30.5 Å². The molecule has 0 spiro atoms. The zero-order valence-corrected chi connectivity index (χ0v) is 12.9. The summed E-state index contributed by atoms with van der Waals surface area (Å²) in [7, 11) is 0. The second-order valence-corrected chi connectivity index (χ2v) is 4.65. The number of anilines is 2. The lowest BCUT2D eigenvalue weighted by molar-refractivity contribution is 0.252.